The van der Waals surface area contributed by atoms with Crippen LogP contribution in [0.5, 0.6) is 5.75 Å². The topological polar surface area (TPSA) is 34.4 Å². The Hall–Kier alpha value is -1.74. The first kappa shape index (κ1) is 13.7. The fourth-order valence-electron chi connectivity index (χ4n) is 1.85. The molecule has 0 saturated heterocycles. The Bertz CT molecular complexity index is 465. The van der Waals surface area contributed by atoms with Gasteiger partial charge in [0.25, 0.3) is 0 Å². The molecule has 2 rings (SSSR count). The van der Waals surface area contributed by atoms with Crippen LogP contribution in [0.4, 0.5) is 0 Å². The van der Waals surface area contributed by atoms with Gasteiger partial charge in [-0.3, -0.25) is 0 Å². The average molecular weight is 259 g/mol. The molecule has 0 atom stereocenters. The molecule has 0 amide bonds. The number of furan rings is 1. The van der Waals surface area contributed by atoms with Gasteiger partial charge in [0.1, 0.15) is 11.5 Å². The SMILES string of the molecule is CCCCOc1ccccc1CNCc1ccco1. The van der Waals surface area contributed by atoms with Gasteiger partial charge in [-0.2, -0.15) is 0 Å². The highest BCUT2D eigenvalue weighted by Gasteiger charge is 2.03. The average Bonchev–Trinajstić information content (AvgIpc) is 2.94. The van der Waals surface area contributed by atoms with Crippen molar-refractivity contribution in [2.75, 3.05) is 6.61 Å². The van der Waals surface area contributed by atoms with Crippen molar-refractivity contribution in [2.24, 2.45) is 0 Å². The molecule has 2 aromatic rings. The maximum Gasteiger partial charge on any atom is 0.123 e. The van der Waals surface area contributed by atoms with Crippen LogP contribution in [0.2, 0.25) is 0 Å². The fourth-order valence-corrected chi connectivity index (χ4v) is 1.85. The molecule has 1 heterocycles. The van der Waals surface area contributed by atoms with Gasteiger partial charge < -0.3 is 14.5 Å². The van der Waals surface area contributed by atoms with E-state index >= 15 is 0 Å². The Labute approximate surface area is 114 Å². The van der Waals surface area contributed by atoms with E-state index in [0.717, 1.165) is 44.0 Å². The Balaban J connectivity index is 1.84. The number of para-hydroxylation sites is 1. The van der Waals surface area contributed by atoms with Crippen LogP contribution in [0.3, 0.4) is 0 Å². The summed E-state index contributed by atoms with van der Waals surface area (Å²) >= 11 is 0. The fraction of sp³-hybridized carbons (Fsp3) is 0.375. The summed E-state index contributed by atoms with van der Waals surface area (Å²) in [7, 11) is 0. The third-order valence-corrected chi connectivity index (χ3v) is 2.92. The van der Waals surface area contributed by atoms with Gasteiger partial charge in [0, 0.05) is 12.1 Å². The minimum atomic E-state index is 0.732. The summed E-state index contributed by atoms with van der Waals surface area (Å²) in [5.41, 5.74) is 1.19. The van der Waals surface area contributed by atoms with E-state index in [-0.39, 0.29) is 0 Å². The first-order chi connectivity index (χ1) is 9.40. The molecule has 0 aliphatic rings. The van der Waals surface area contributed by atoms with Crippen molar-refractivity contribution >= 4 is 0 Å². The highest BCUT2D eigenvalue weighted by atomic mass is 16.5. The Morgan fingerprint density at radius 2 is 2.00 bits per heavy atom. The normalized spacial score (nSPS) is 10.6. The zero-order valence-electron chi connectivity index (χ0n) is 11.4. The van der Waals surface area contributed by atoms with Crippen LogP contribution >= 0.6 is 0 Å². The van der Waals surface area contributed by atoms with Crippen molar-refractivity contribution in [3.05, 3.63) is 54.0 Å². The van der Waals surface area contributed by atoms with Gasteiger partial charge in [0.2, 0.25) is 0 Å². The molecule has 0 unspecified atom stereocenters. The molecule has 0 spiro atoms. The van der Waals surface area contributed by atoms with Crippen molar-refractivity contribution in [1.29, 1.82) is 0 Å². The van der Waals surface area contributed by atoms with Crippen LogP contribution in [0, 0.1) is 0 Å². The highest BCUT2D eigenvalue weighted by Crippen LogP contribution is 2.18. The van der Waals surface area contributed by atoms with Gasteiger partial charge in [-0.15, -0.1) is 0 Å². The van der Waals surface area contributed by atoms with Crippen molar-refractivity contribution in [2.45, 2.75) is 32.9 Å². The zero-order chi connectivity index (χ0) is 13.3. The van der Waals surface area contributed by atoms with E-state index in [9.17, 15) is 0 Å². The third-order valence-electron chi connectivity index (χ3n) is 2.92. The largest absolute Gasteiger partial charge is 0.493 e. The highest BCUT2D eigenvalue weighted by molar-refractivity contribution is 5.33. The van der Waals surface area contributed by atoms with Gasteiger partial charge in [0.15, 0.2) is 0 Å². The second-order valence-electron chi connectivity index (χ2n) is 4.49. The standard InChI is InChI=1S/C16H21NO2/c1-2-3-10-19-16-9-5-4-7-14(16)12-17-13-15-8-6-11-18-15/h4-9,11,17H,2-3,10,12-13H2,1H3. The van der Waals surface area contributed by atoms with E-state index in [4.69, 9.17) is 9.15 Å². The van der Waals surface area contributed by atoms with Crippen molar-refractivity contribution in [3.8, 4) is 5.75 Å². The third kappa shape index (κ3) is 4.45. The minimum absolute atomic E-state index is 0.732. The van der Waals surface area contributed by atoms with Crippen molar-refractivity contribution in [1.82, 2.24) is 5.32 Å². The smallest absolute Gasteiger partial charge is 0.123 e. The van der Waals surface area contributed by atoms with Gasteiger partial charge >= 0.3 is 0 Å². The first-order valence-electron chi connectivity index (χ1n) is 6.84. The number of rotatable bonds is 8. The summed E-state index contributed by atoms with van der Waals surface area (Å²) in [5, 5.41) is 3.36. The Kier molecular flexibility index (Phi) is 5.50. The quantitative estimate of drug-likeness (QED) is 0.733. The summed E-state index contributed by atoms with van der Waals surface area (Å²) in [5.74, 6) is 1.92. The molecular formula is C16H21NO2. The number of hydrogen-bond acceptors (Lipinski definition) is 3. The summed E-state index contributed by atoms with van der Waals surface area (Å²) < 4.78 is 11.1. The van der Waals surface area contributed by atoms with Gasteiger partial charge in [0.05, 0.1) is 19.4 Å². The number of nitrogens with one attached hydrogen (secondary N) is 1. The monoisotopic (exact) mass is 259 g/mol. The molecule has 1 aromatic carbocycles. The van der Waals surface area contributed by atoms with Crippen LogP contribution in [-0.4, -0.2) is 6.61 Å². The Morgan fingerprint density at radius 1 is 1.11 bits per heavy atom. The van der Waals surface area contributed by atoms with E-state index in [1.165, 1.54) is 5.56 Å². The maximum atomic E-state index is 5.80. The second kappa shape index (κ2) is 7.64. The lowest BCUT2D eigenvalue weighted by molar-refractivity contribution is 0.305. The molecular weight excluding hydrogens is 238 g/mol. The van der Waals surface area contributed by atoms with Crippen LogP contribution in [0.15, 0.2) is 47.1 Å². The molecule has 0 aliphatic heterocycles. The summed E-state index contributed by atoms with van der Waals surface area (Å²) in [6, 6.07) is 12.0. The van der Waals surface area contributed by atoms with Crippen molar-refractivity contribution in [3.63, 3.8) is 0 Å². The molecule has 3 heteroatoms. The van der Waals surface area contributed by atoms with E-state index in [2.05, 4.69) is 18.3 Å². The lowest BCUT2D eigenvalue weighted by atomic mass is 10.2. The van der Waals surface area contributed by atoms with E-state index in [0.29, 0.717) is 0 Å². The molecule has 0 radical (unpaired) electrons. The first-order valence-corrected chi connectivity index (χ1v) is 6.84. The second-order valence-corrected chi connectivity index (χ2v) is 4.49. The van der Waals surface area contributed by atoms with E-state index in [1.807, 2.05) is 30.3 Å². The number of benzene rings is 1. The Morgan fingerprint density at radius 3 is 2.79 bits per heavy atom. The summed E-state index contributed by atoms with van der Waals surface area (Å²) in [6.45, 7) is 4.46. The number of unbranched alkanes of at least 4 members (excludes halogenated alkanes) is 1. The predicted molar refractivity (Wildman–Crippen MR) is 76.1 cm³/mol. The minimum Gasteiger partial charge on any atom is -0.493 e. The van der Waals surface area contributed by atoms with Crippen LogP contribution in [-0.2, 0) is 13.1 Å². The molecule has 3 nitrogen and oxygen atoms in total. The summed E-state index contributed by atoms with van der Waals surface area (Å²) in [4.78, 5) is 0. The molecule has 0 saturated carbocycles. The zero-order valence-corrected chi connectivity index (χ0v) is 11.4. The molecule has 0 aliphatic carbocycles. The predicted octanol–water partition coefficient (Wildman–Crippen LogP) is 3.75. The maximum absolute atomic E-state index is 5.80. The molecule has 1 aromatic heterocycles. The molecule has 0 bridgehead atoms. The summed E-state index contributed by atoms with van der Waals surface area (Å²) in [6.07, 6.45) is 3.94. The molecule has 1 N–H and O–H groups in total. The van der Waals surface area contributed by atoms with Crippen LogP contribution < -0.4 is 10.1 Å². The van der Waals surface area contributed by atoms with Crippen molar-refractivity contribution < 1.29 is 9.15 Å². The number of hydrogen-bond donors (Lipinski definition) is 1. The van der Waals surface area contributed by atoms with Gasteiger partial charge in [-0.1, -0.05) is 31.5 Å². The van der Waals surface area contributed by atoms with Gasteiger partial charge in [-0.25, -0.2) is 0 Å². The molecule has 102 valence electrons. The number of ether oxygens (including phenoxy) is 1. The van der Waals surface area contributed by atoms with Crippen LogP contribution in [0.25, 0.3) is 0 Å². The van der Waals surface area contributed by atoms with Crippen LogP contribution in [0.1, 0.15) is 31.1 Å². The molecule has 19 heavy (non-hydrogen) atoms. The lowest BCUT2D eigenvalue weighted by Crippen LogP contribution is -2.13. The lowest BCUT2D eigenvalue weighted by Gasteiger charge is -2.11. The van der Waals surface area contributed by atoms with Gasteiger partial charge in [-0.05, 0) is 24.6 Å². The molecule has 0 fully saturated rings. The van der Waals surface area contributed by atoms with E-state index in [1.54, 1.807) is 6.26 Å². The van der Waals surface area contributed by atoms with E-state index < -0.39 is 0 Å².